The van der Waals surface area contributed by atoms with E-state index in [2.05, 4.69) is 11.2 Å². The van der Waals surface area contributed by atoms with Gasteiger partial charge in [-0.1, -0.05) is 24.3 Å². The van der Waals surface area contributed by atoms with Crippen molar-refractivity contribution in [3.63, 3.8) is 0 Å². The lowest BCUT2D eigenvalue weighted by Crippen LogP contribution is -2.18. The maximum Gasteiger partial charge on any atom is 0.221 e. The van der Waals surface area contributed by atoms with Crippen LogP contribution in [0.4, 0.5) is 10.1 Å². The van der Waals surface area contributed by atoms with Crippen molar-refractivity contribution in [1.29, 1.82) is 0 Å². The van der Waals surface area contributed by atoms with Gasteiger partial charge in [-0.05, 0) is 54.4 Å². The van der Waals surface area contributed by atoms with E-state index in [0.717, 1.165) is 22.4 Å². The van der Waals surface area contributed by atoms with Gasteiger partial charge < -0.3 is 14.8 Å². The first kappa shape index (κ1) is 22.7. The molecule has 0 aliphatic rings. The number of ether oxygens (including phenoxy) is 2. The molecule has 158 valence electrons. The Balaban J connectivity index is 0.000000735. The highest BCUT2D eigenvalue weighted by atomic mass is 19.1. The first-order valence-corrected chi connectivity index (χ1v) is 9.26. The summed E-state index contributed by atoms with van der Waals surface area (Å²) < 4.78 is 25.5. The third kappa shape index (κ3) is 5.96. The summed E-state index contributed by atoms with van der Waals surface area (Å²) in [5, 5.41) is 3.18. The Bertz CT molecular complexity index is 980. The summed E-state index contributed by atoms with van der Waals surface area (Å²) in [5.41, 5.74) is 6.24. The minimum absolute atomic E-state index is 0.294. The Hall–Kier alpha value is -3.58. The van der Waals surface area contributed by atoms with Crippen molar-refractivity contribution in [3.8, 4) is 22.6 Å². The molecular weight excluding hydrogens is 385 g/mol. The first-order chi connectivity index (χ1) is 14.5. The summed E-state index contributed by atoms with van der Waals surface area (Å²) in [6.07, 6.45) is 0.403. The van der Waals surface area contributed by atoms with Crippen molar-refractivity contribution >= 4 is 12.1 Å². The molecule has 0 spiro atoms. The molecule has 0 atom stereocenters. The van der Waals surface area contributed by atoms with Crippen LogP contribution < -0.4 is 26.1 Å². The van der Waals surface area contributed by atoms with E-state index in [-0.39, 0.29) is 5.82 Å². The standard InChI is InChI=1S/C22H22FNO2.CH4N2O/c1-15-6-4-9-22(24-2)20(15)14-26-18-10-11-21(23)19(13-18)16-7-5-8-17(12-16)25-3;2-3-1-4/h4-13,24H,14H2,1-3H3;1H,2H2,(H,3,4). The van der Waals surface area contributed by atoms with E-state index >= 15 is 0 Å². The molecule has 1 amide bonds. The van der Waals surface area contributed by atoms with Crippen LogP contribution in [0.2, 0.25) is 0 Å². The molecule has 4 N–H and O–H groups in total. The second kappa shape index (κ2) is 11.4. The van der Waals surface area contributed by atoms with Gasteiger partial charge in [0.15, 0.2) is 0 Å². The van der Waals surface area contributed by atoms with E-state index < -0.39 is 0 Å². The summed E-state index contributed by atoms with van der Waals surface area (Å²) in [6, 6.07) is 18.2. The molecule has 0 unspecified atom stereocenters. The third-order valence-electron chi connectivity index (χ3n) is 4.45. The van der Waals surface area contributed by atoms with Gasteiger partial charge in [-0.3, -0.25) is 10.2 Å². The van der Waals surface area contributed by atoms with Crippen LogP contribution in [0.25, 0.3) is 11.1 Å². The predicted octanol–water partition coefficient (Wildman–Crippen LogP) is 4.04. The van der Waals surface area contributed by atoms with Crippen LogP contribution in [0.5, 0.6) is 11.5 Å². The molecule has 0 saturated heterocycles. The molecule has 6 nitrogen and oxygen atoms in total. The topological polar surface area (TPSA) is 85.6 Å². The maximum atomic E-state index is 14.3. The highest BCUT2D eigenvalue weighted by Gasteiger charge is 2.10. The van der Waals surface area contributed by atoms with Gasteiger partial charge >= 0.3 is 0 Å². The molecule has 0 heterocycles. The Labute approximate surface area is 175 Å². The van der Waals surface area contributed by atoms with Crippen molar-refractivity contribution in [2.24, 2.45) is 5.84 Å². The molecule has 3 aromatic carbocycles. The number of amides is 1. The Morgan fingerprint density at radius 3 is 2.47 bits per heavy atom. The number of methoxy groups -OCH3 is 1. The smallest absolute Gasteiger partial charge is 0.221 e. The molecule has 7 heteroatoms. The molecule has 0 saturated carbocycles. The lowest BCUT2D eigenvalue weighted by molar-refractivity contribution is -0.109. The van der Waals surface area contributed by atoms with E-state index in [1.807, 2.05) is 56.4 Å². The minimum atomic E-state index is -0.294. The zero-order chi connectivity index (χ0) is 21.9. The summed E-state index contributed by atoms with van der Waals surface area (Å²) >= 11 is 0. The van der Waals surface area contributed by atoms with Crippen molar-refractivity contribution in [2.45, 2.75) is 13.5 Å². The Morgan fingerprint density at radius 2 is 1.80 bits per heavy atom. The monoisotopic (exact) mass is 411 g/mol. The number of nitrogens with one attached hydrogen (secondary N) is 2. The van der Waals surface area contributed by atoms with Crippen molar-refractivity contribution in [3.05, 3.63) is 77.6 Å². The fraction of sp³-hybridized carbons (Fsp3) is 0.174. The van der Waals surface area contributed by atoms with Crippen LogP contribution in [0.15, 0.2) is 60.7 Å². The number of carbonyl (C=O) groups is 1. The van der Waals surface area contributed by atoms with Gasteiger partial charge in [-0.25, -0.2) is 10.2 Å². The van der Waals surface area contributed by atoms with E-state index in [9.17, 15) is 4.39 Å². The number of hydrazine groups is 1. The largest absolute Gasteiger partial charge is 0.497 e. The lowest BCUT2D eigenvalue weighted by atomic mass is 10.0. The highest BCUT2D eigenvalue weighted by molar-refractivity contribution is 5.67. The van der Waals surface area contributed by atoms with Gasteiger partial charge in [-0.2, -0.15) is 0 Å². The van der Waals surface area contributed by atoms with Crippen LogP contribution in [-0.2, 0) is 11.4 Å². The molecule has 0 aliphatic heterocycles. The van der Waals surface area contributed by atoms with E-state index in [1.54, 1.807) is 24.7 Å². The fourth-order valence-corrected chi connectivity index (χ4v) is 2.89. The number of benzene rings is 3. The van der Waals surface area contributed by atoms with E-state index in [0.29, 0.717) is 30.1 Å². The molecule has 0 radical (unpaired) electrons. The first-order valence-electron chi connectivity index (χ1n) is 9.26. The predicted molar refractivity (Wildman–Crippen MR) is 117 cm³/mol. The lowest BCUT2D eigenvalue weighted by Gasteiger charge is -2.14. The van der Waals surface area contributed by atoms with Crippen molar-refractivity contribution in [2.75, 3.05) is 19.5 Å². The SMILES string of the molecule is CNc1cccc(C)c1COc1ccc(F)c(-c2cccc(OC)c2)c1.NNC=O. The Morgan fingerprint density at radius 1 is 1.07 bits per heavy atom. The second-order valence-electron chi connectivity index (χ2n) is 6.30. The molecule has 0 fully saturated rings. The number of rotatable bonds is 7. The van der Waals surface area contributed by atoms with Crippen molar-refractivity contribution in [1.82, 2.24) is 5.43 Å². The number of hydrogen-bond acceptors (Lipinski definition) is 5. The molecule has 0 aliphatic carbocycles. The molecule has 3 aromatic rings. The quantitative estimate of drug-likeness (QED) is 0.236. The van der Waals surface area contributed by atoms with E-state index in [4.69, 9.17) is 14.3 Å². The van der Waals surface area contributed by atoms with Gasteiger partial charge in [0.25, 0.3) is 0 Å². The van der Waals surface area contributed by atoms with Gasteiger partial charge in [0.2, 0.25) is 6.41 Å². The number of halogens is 1. The molecule has 3 rings (SSSR count). The van der Waals surface area contributed by atoms with Crippen LogP contribution in [0, 0.1) is 12.7 Å². The zero-order valence-electron chi connectivity index (χ0n) is 17.2. The van der Waals surface area contributed by atoms with Gasteiger partial charge in [0, 0.05) is 23.9 Å². The number of nitrogens with two attached hydrogens (primary N) is 1. The minimum Gasteiger partial charge on any atom is -0.497 e. The normalized spacial score (nSPS) is 9.77. The number of carbonyl (C=O) groups excluding carboxylic acids is 1. The van der Waals surface area contributed by atoms with Gasteiger partial charge in [0.1, 0.15) is 23.9 Å². The molecular formula is C23H26FN3O3. The molecule has 0 bridgehead atoms. The summed E-state index contributed by atoms with van der Waals surface area (Å²) in [6.45, 7) is 2.46. The maximum absolute atomic E-state index is 14.3. The van der Waals surface area contributed by atoms with Crippen LogP contribution in [0.1, 0.15) is 11.1 Å². The zero-order valence-corrected chi connectivity index (χ0v) is 17.2. The van der Waals surface area contributed by atoms with Crippen LogP contribution in [0.3, 0.4) is 0 Å². The summed E-state index contributed by atoms with van der Waals surface area (Å²) in [7, 11) is 3.48. The highest BCUT2D eigenvalue weighted by Crippen LogP contribution is 2.30. The van der Waals surface area contributed by atoms with Gasteiger partial charge in [0.05, 0.1) is 7.11 Å². The van der Waals surface area contributed by atoms with Crippen molar-refractivity contribution < 1.29 is 18.7 Å². The Kier molecular flexibility index (Phi) is 8.65. The third-order valence-corrected chi connectivity index (χ3v) is 4.45. The molecule has 0 aromatic heterocycles. The van der Waals surface area contributed by atoms with Crippen LogP contribution >= 0.6 is 0 Å². The van der Waals surface area contributed by atoms with E-state index in [1.165, 1.54) is 6.07 Å². The summed E-state index contributed by atoms with van der Waals surface area (Å²) in [5.74, 6) is 5.42. The summed E-state index contributed by atoms with van der Waals surface area (Å²) in [4.78, 5) is 8.94. The van der Waals surface area contributed by atoms with Crippen LogP contribution in [-0.4, -0.2) is 20.6 Å². The molecule has 30 heavy (non-hydrogen) atoms. The average molecular weight is 411 g/mol. The van der Waals surface area contributed by atoms with Gasteiger partial charge in [-0.15, -0.1) is 0 Å². The second-order valence-corrected chi connectivity index (χ2v) is 6.30. The fourth-order valence-electron chi connectivity index (χ4n) is 2.89. The number of hydrogen-bond donors (Lipinski definition) is 3. The average Bonchev–Trinajstić information content (AvgIpc) is 2.79. The number of aryl methyl sites for hydroxylation is 1. The number of anilines is 1.